The molecule has 0 spiro atoms. The van der Waals surface area contributed by atoms with Gasteiger partial charge in [-0.3, -0.25) is 0 Å². The second-order valence-corrected chi connectivity index (χ2v) is 0.322. The van der Waals surface area contributed by atoms with Crippen molar-refractivity contribution in [2.24, 2.45) is 0 Å². The van der Waals surface area contributed by atoms with Crippen molar-refractivity contribution in [3.05, 3.63) is 12.7 Å². The van der Waals surface area contributed by atoms with E-state index in [0.29, 0.717) is 0 Å². The molecule has 0 radical (unpaired) electrons. The van der Waals surface area contributed by atoms with E-state index >= 15 is 0 Å². The fourth-order valence-electron chi connectivity index (χ4n) is 0. The Morgan fingerprint density at radius 1 is 1.80 bits per heavy atom. The number of allylic oxidation sites excluding steroid dienone is 1. The summed E-state index contributed by atoms with van der Waals surface area (Å²) in [4.78, 5) is 8.93. The Bertz CT molecular complexity index is 27.9. The molecule has 0 aliphatic carbocycles. The molecule has 0 aromatic rings. The van der Waals surface area contributed by atoms with Gasteiger partial charge in [-0.1, -0.05) is 0 Å². The van der Waals surface area contributed by atoms with Crippen molar-refractivity contribution < 1.29 is 35.9 Å². The Kier molecular flexibility index (Phi) is 16.0. The Morgan fingerprint density at radius 2 is 2.00 bits per heavy atom. The molecular weight excluding hydrogens is 290 g/mol. The maximum Gasteiger partial charge on any atom is 0 e. The van der Waals surface area contributed by atoms with Gasteiger partial charge in [0.2, 0.25) is 0 Å². The number of hydrogen-bond acceptors (Lipinski definition) is 1. The van der Waals surface area contributed by atoms with Gasteiger partial charge in [0, 0.05) is 31.1 Å². The second kappa shape index (κ2) is 8.82. The first-order valence-electron chi connectivity index (χ1n) is 0.901. The zero-order valence-electron chi connectivity index (χ0n) is 2.69. The first-order chi connectivity index (χ1) is 1.91. The molecule has 0 atom stereocenters. The zero-order chi connectivity index (χ0) is 3.41. The van der Waals surface area contributed by atoms with Crippen molar-refractivity contribution in [3.8, 4) is 0 Å². The van der Waals surface area contributed by atoms with Crippen molar-refractivity contribution >= 4 is 6.29 Å². The normalized spacial score (nSPS) is 4.00. The smallest absolute Gasteiger partial charge is 0 e. The molecule has 0 saturated carbocycles. The Balaban J connectivity index is 0. The van der Waals surface area contributed by atoms with Crippen LogP contribution in [0.3, 0.4) is 0 Å². The molecule has 0 aromatic carbocycles. The van der Waals surface area contributed by atoms with E-state index in [1.54, 1.807) is 0 Å². The Morgan fingerprint density at radius 3 is 2.00 bits per heavy atom. The van der Waals surface area contributed by atoms with E-state index in [-0.39, 0.29) is 31.1 Å². The molecule has 0 saturated heterocycles. The molecule has 0 rings (SSSR count). The van der Waals surface area contributed by atoms with Crippen LogP contribution in [0.2, 0.25) is 0 Å². The monoisotopic (exact) mass is 293 g/mol. The van der Waals surface area contributed by atoms with Gasteiger partial charge in [0.05, 0.1) is 0 Å². The van der Waals surface area contributed by atoms with E-state index in [1.165, 1.54) is 6.29 Å². The predicted octanol–water partition coefficient (Wildman–Crippen LogP) is 0.282. The van der Waals surface area contributed by atoms with Gasteiger partial charge >= 0.3 is 0 Å². The fraction of sp³-hybridized carbons (Fsp3) is 0. The van der Waals surface area contributed by atoms with Crippen LogP contribution in [0.1, 0.15) is 0 Å². The minimum atomic E-state index is 0. The molecule has 0 fully saturated rings. The third-order valence-corrected chi connectivity index (χ3v) is 0.0833. The maximum atomic E-state index is 8.93. The zero-order valence-corrected chi connectivity index (χ0v) is 6.86. The minimum absolute atomic E-state index is 0. The van der Waals surface area contributed by atoms with Gasteiger partial charge in [-0.2, -0.15) is 0 Å². The molecule has 0 aromatic heterocycles. The van der Waals surface area contributed by atoms with Crippen molar-refractivity contribution in [3.63, 3.8) is 0 Å². The molecular formula is C3H3OU-. The van der Waals surface area contributed by atoms with Crippen LogP contribution < -0.4 is 0 Å². The van der Waals surface area contributed by atoms with Crippen LogP contribution in [0.4, 0.5) is 0 Å². The quantitative estimate of drug-likeness (QED) is 0.501. The molecule has 2 heteroatoms. The maximum absolute atomic E-state index is 8.93. The van der Waals surface area contributed by atoms with Crippen LogP contribution in [-0.2, 0) is 4.79 Å². The summed E-state index contributed by atoms with van der Waals surface area (Å²) in [6.45, 7) is 3.06. The van der Waals surface area contributed by atoms with E-state index in [2.05, 4.69) is 6.58 Å². The van der Waals surface area contributed by atoms with E-state index < -0.39 is 0 Å². The Hall–Kier alpha value is 0.462. The standard InChI is InChI=1S/C3H3O.U/c1-2-3-4;/h2H,1H2;/q-1;. The molecule has 0 N–H and O–H groups in total. The van der Waals surface area contributed by atoms with Crippen LogP contribution in [-0.4, -0.2) is 6.29 Å². The summed E-state index contributed by atoms with van der Waals surface area (Å²) in [5, 5.41) is 0. The van der Waals surface area contributed by atoms with Crippen LogP contribution in [0.15, 0.2) is 12.7 Å². The largest absolute Gasteiger partial charge is 0.419 e. The average molecular weight is 293 g/mol. The topological polar surface area (TPSA) is 17.1 Å². The summed E-state index contributed by atoms with van der Waals surface area (Å²) < 4.78 is 0. The van der Waals surface area contributed by atoms with Crippen LogP contribution in [0.25, 0.3) is 0 Å². The number of hydrogen-bond donors (Lipinski definition) is 0. The summed E-state index contributed by atoms with van der Waals surface area (Å²) in [6, 6.07) is 0. The van der Waals surface area contributed by atoms with Gasteiger partial charge in [-0.05, 0) is 6.29 Å². The third-order valence-electron chi connectivity index (χ3n) is 0.0833. The summed E-state index contributed by atoms with van der Waals surface area (Å²) in [5.74, 6) is 0. The van der Waals surface area contributed by atoms with Gasteiger partial charge in [0.1, 0.15) is 0 Å². The van der Waals surface area contributed by atoms with Crippen LogP contribution in [0.5, 0.6) is 0 Å². The number of rotatable bonds is 1. The minimum Gasteiger partial charge on any atom is -0.419 e. The molecule has 0 aliphatic heterocycles. The van der Waals surface area contributed by atoms with Gasteiger partial charge < -0.3 is 4.79 Å². The molecule has 1 nitrogen and oxygen atoms in total. The van der Waals surface area contributed by atoms with E-state index in [1.807, 2.05) is 0 Å². The van der Waals surface area contributed by atoms with Crippen molar-refractivity contribution in [2.45, 2.75) is 0 Å². The number of carbonyl (C=O) groups excluding carboxylic acids is 1. The van der Waals surface area contributed by atoms with Crippen LogP contribution >= 0.6 is 0 Å². The van der Waals surface area contributed by atoms with Crippen molar-refractivity contribution in [1.29, 1.82) is 0 Å². The van der Waals surface area contributed by atoms with Crippen molar-refractivity contribution in [1.82, 2.24) is 0 Å². The van der Waals surface area contributed by atoms with Gasteiger partial charge in [-0.15, -0.1) is 0 Å². The molecule has 0 unspecified atom stereocenters. The Labute approximate surface area is 54.8 Å². The molecule has 26 valence electrons. The van der Waals surface area contributed by atoms with E-state index in [9.17, 15) is 0 Å². The summed E-state index contributed by atoms with van der Waals surface area (Å²) >= 11 is 0. The average Bonchev–Trinajstić information content (AvgIpc) is 1.37. The van der Waals surface area contributed by atoms with E-state index in [4.69, 9.17) is 4.79 Å². The summed E-state index contributed by atoms with van der Waals surface area (Å²) in [7, 11) is 0. The SMILES string of the molecule is C=C[C-]=O.[U]. The third kappa shape index (κ3) is 12.7. The van der Waals surface area contributed by atoms with Gasteiger partial charge in [-0.25, -0.2) is 12.7 Å². The first-order valence-corrected chi connectivity index (χ1v) is 0.901. The summed E-state index contributed by atoms with van der Waals surface area (Å²) in [5.41, 5.74) is 0. The predicted molar refractivity (Wildman–Crippen MR) is 15.9 cm³/mol. The molecule has 5 heavy (non-hydrogen) atoms. The second-order valence-electron chi connectivity index (χ2n) is 0.322. The molecule has 0 amide bonds. The van der Waals surface area contributed by atoms with Crippen molar-refractivity contribution in [2.75, 3.05) is 0 Å². The fourth-order valence-corrected chi connectivity index (χ4v) is 0. The first kappa shape index (κ1) is 9.07. The molecule has 0 heterocycles. The van der Waals surface area contributed by atoms with Crippen LogP contribution in [0, 0.1) is 31.1 Å². The molecule has 0 aliphatic rings. The van der Waals surface area contributed by atoms with Gasteiger partial charge in [0.25, 0.3) is 0 Å². The summed E-state index contributed by atoms with van der Waals surface area (Å²) in [6.07, 6.45) is 2.51. The van der Waals surface area contributed by atoms with E-state index in [0.717, 1.165) is 6.08 Å². The van der Waals surface area contributed by atoms with Gasteiger partial charge in [0.15, 0.2) is 0 Å². The molecule has 0 bridgehead atoms.